The van der Waals surface area contributed by atoms with Gasteiger partial charge < -0.3 is 0 Å². The van der Waals surface area contributed by atoms with E-state index in [4.69, 9.17) is 0 Å². The summed E-state index contributed by atoms with van der Waals surface area (Å²) in [6, 6.07) is 18.8. The Labute approximate surface area is 194 Å². The van der Waals surface area contributed by atoms with E-state index in [0.29, 0.717) is 12.3 Å². The molecule has 2 aromatic carbocycles. The average Bonchev–Trinajstić information content (AvgIpc) is 3.45. The van der Waals surface area contributed by atoms with Gasteiger partial charge in [-0.25, -0.2) is 0 Å². The third kappa shape index (κ3) is 3.76. The van der Waals surface area contributed by atoms with E-state index in [1.54, 1.807) is 16.3 Å². The van der Waals surface area contributed by atoms with Crippen LogP contribution in [-0.2, 0) is 12.3 Å². The zero-order chi connectivity index (χ0) is 22.2. The normalized spacial score (nSPS) is 12.6. The molecule has 0 radical (unpaired) electrons. The molecule has 32 heavy (non-hydrogen) atoms. The lowest BCUT2D eigenvalue weighted by atomic mass is 10.0. The van der Waals surface area contributed by atoms with Gasteiger partial charge >= 0.3 is 0 Å². The van der Waals surface area contributed by atoms with Crippen molar-refractivity contribution in [3.63, 3.8) is 0 Å². The largest absolute Gasteiger partial charge is 0.275 e. The molecule has 0 aliphatic heterocycles. The monoisotopic (exact) mass is 460 g/mol. The summed E-state index contributed by atoms with van der Waals surface area (Å²) in [5.41, 5.74) is 5.90. The van der Waals surface area contributed by atoms with E-state index in [9.17, 15) is 4.79 Å². The molecule has 0 saturated carbocycles. The van der Waals surface area contributed by atoms with Crippen LogP contribution < -0.4 is 5.56 Å². The van der Waals surface area contributed by atoms with Crippen molar-refractivity contribution in [3.05, 3.63) is 92.6 Å². The fraction of sp³-hybridized carbons (Fsp3) is 0.240. The maximum atomic E-state index is 13.3. The molecule has 0 N–H and O–H groups in total. The van der Waals surface area contributed by atoms with Gasteiger partial charge in [-0.05, 0) is 47.9 Å². The highest BCUT2D eigenvalue weighted by Crippen LogP contribution is 2.28. The van der Waals surface area contributed by atoms with Gasteiger partial charge in [-0.15, -0.1) is 21.5 Å². The Balaban J connectivity index is 1.57. The van der Waals surface area contributed by atoms with Crippen molar-refractivity contribution in [1.82, 2.24) is 19.2 Å². The first-order valence-corrected chi connectivity index (χ1v) is 12.5. The van der Waals surface area contributed by atoms with Gasteiger partial charge in [0.25, 0.3) is 5.56 Å². The summed E-state index contributed by atoms with van der Waals surface area (Å²) in [5.74, 6) is 1.59. The second kappa shape index (κ2) is 8.56. The molecule has 0 fully saturated rings. The Bertz CT molecular complexity index is 1470. The second-order valence-corrected chi connectivity index (χ2v) is 10.1. The fourth-order valence-electron chi connectivity index (χ4n) is 4.02. The van der Waals surface area contributed by atoms with Crippen LogP contribution in [0, 0.1) is 13.8 Å². The summed E-state index contributed by atoms with van der Waals surface area (Å²) >= 11 is 3.14. The Morgan fingerprint density at radius 2 is 1.88 bits per heavy atom. The average molecular weight is 461 g/mol. The van der Waals surface area contributed by atoms with Gasteiger partial charge in [0, 0.05) is 12.3 Å². The molecule has 0 bridgehead atoms. The molecular weight excluding hydrogens is 436 g/mol. The van der Waals surface area contributed by atoms with Crippen LogP contribution in [0.15, 0.2) is 69.9 Å². The Hall–Kier alpha value is -2.90. The molecule has 5 rings (SSSR count). The van der Waals surface area contributed by atoms with Crippen LogP contribution in [0.1, 0.15) is 35.1 Å². The van der Waals surface area contributed by atoms with Crippen LogP contribution in [0.2, 0.25) is 0 Å². The minimum absolute atomic E-state index is 0.00348. The number of benzene rings is 2. The van der Waals surface area contributed by atoms with E-state index in [0.717, 1.165) is 21.1 Å². The van der Waals surface area contributed by atoms with Gasteiger partial charge in [0.2, 0.25) is 5.78 Å². The topological polar surface area (TPSA) is 52.2 Å². The van der Waals surface area contributed by atoms with Crippen molar-refractivity contribution in [2.45, 2.75) is 44.1 Å². The third-order valence-corrected chi connectivity index (χ3v) is 7.74. The Morgan fingerprint density at radius 3 is 2.69 bits per heavy atom. The van der Waals surface area contributed by atoms with E-state index >= 15 is 0 Å². The summed E-state index contributed by atoms with van der Waals surface area (Å²) in [7, 11) is 0. The van der Waals surface area contributed by atoms with E-state index in [1.807, 2.05) is 34.0 Å². The summed E-state index contributed by atoms with van der Waals surface area (Å²) < 4.78 is 4.57. The van der Waals surface area contributed by atoms with Crippen LogP contribution in [0.4, 0.5) is 0 Å². The zero-order valence-corrected chi connectivity index (χ0v) is 19.9. The van der Waals surface area contributed by atoms with Crippen molar-refractivity contribution >= 4 is 39.1 Å². The van der Waals surface area contributed by atoms with Crippen molar-refractivity contribution in [3.8, 4) is 0 Å². The second-order valence-electron chi connectivity index (χ2n) is 8.20. The molecule has 1 atom stereocenters. The lowest BCUT2D eigenvalue weighted by Crippen LogP contribution is -2.24. The molecule has 3 heterocycles. The molecule has 0 aliphatic carbocycles. The van der Waals surface area contributed by atoms with E-state index in [2.05, 4.69) is 61.3 Å². The lowest BCUT2D eigenvalue weighted by Gasteiger charge is -2.15. The number of aryl methyl sites for hydroxylation is 2. The summed E-state index contributed by atoms with van der Waals surface area (Å²) in [6.45, 7) is 6.95. The number of thiophene rings is 1. The molecule has 0 unspecified atom stereocenters. The van der Waals surface area contributed by atoms with Gasteiger partial charge in [-0.1, -0.05) is 72.8 Å². The number of thioether (sulfide) groups is 1. The molecule has 0 saturated heterocycles. The highest BCUT2D eigenvalue weighted by atomic mass is 32.2. The molecular formula is C25H24N4OS2. The smallest absolute Gasteiger partial charge is 0.272 e. The van der Waals surface area contributed by atoms with Gasteiger partial charge in [-0.2, -0.15) is 0 Å². The minimum atomic E-state index is 0.00348. The SMILES string of the molecule is Cc1ccc(C)c(CSc2nnc3n(C[C@@H](C)c4ccccc4)c(=O)c4sccc4n23)c1. The standard InChI is InChI=1S/C25H24N4OS2/c1-16-9-10-17(2)20(13-16)15-32-25-27-26-24-28(14-18(3)19-7-5-4-6-8-19)23(30)22-21(29(24)25)11-12-31-22/h4-13,18H,14-15H2,1-3H3/t18-/m1/s1. The quantitative estimate of drug-likeness (QED) is 0.300. The summed E-state index contributed by atoms with van der Waals surface area (Å²) in [5, 5.41) is 11.7. The van der Waals surface area contributed by atoms with Gasteiger partial charge in [0.15, 0.2) is 5.16 Å². The van der Waals surface area contributed by atoms with Gasteiger partial charge in [0.1, 0.15) is 4.70 Å². The van der Waals surface area contributed by atoms with E-state index in [-0.39, 0.29) is 11.5 Å². The van der Waals surface area contributed by atoms with Crippen LogP contribution in [0.5, 0.6) is 0 Å². The molecule has 162 valence electrons. The summed E-state index contributed by atoms with van der Waals surface area (Å²) in [4.78, 5) is 13.3. The molecule has 5 nitrogen and oxygen atoms in total. The summed E-state index contributed by atoms with van der Waals surface area (Å²) in [6.07, 6.45) is 0. The van der Waals surface area contributed by atoms with Crippen molar-refractivity contribution in [1.29, 1.82) is 0 Å². The zero-order valence-electron chi connectivity index (χ0n) is 18.3. The maximum absolute atomic E-state index is 13.3. The van der Waals surface area contributed by atoms with Crippen molar-refractivity contribution < 1.29 is 0 Å². The van der Waals surface area contributed by atoms with Crippen LogP contribution >= 0.6 is 23.1 Å². The Morgan fingerprint density at radius 1 is 1.06 bits per heavy atom. The molecule has 0 aliphatic rings. The number of hydrogen-bond acceptors (Lipinski definition) is 5. The first kappa shape index (κ1) is 21.0. The van der Waals surface area contributed by atoms with E-state index < -0.39 is 0 Å². The van der Waals surface area contributed by atoms with Crippen molar-refractivity contribution in [2.24, 2.45) is 0 Å². The minimum Gasteiger partial charge on any atom is -0.275 e. The van der Waals surface area contributed by atoms with Crippen LogP contribution in [0.3, 0.4) is 0 Å². The Kier molecular flexibility index (Phi) is 5.61. The lowest BCUT2D eigenvalue weighted by molar-refractivity contribution is 0.588. The third-order valence-electron chi connectivity index (χ3n) is 5.87. The number of fused-ring (bicyclic) bond motifs is 3. The number of rotatable bonds is 6. The number of aromatic nitrogens is 4. The van der Waals surface area contributed by atoms with Crippen LogP contribution in [0.25, 0.3) is 16.0 Å². The highest BCUT2D eigenvalue weighted by Gasteiger charge is 2.19. The molecule has 7 heteroatoms. The van der Waals surface area contributed by atoms with Crippen LogP contribution in [-0.4, -0.2) is 19.2 Å². The predicted molar refractivity (Wildman–Crippen MR) is 133 cm³/mol. The number of nitrogens with zero attached hydrogens (tertiary/aromatic N) is 4. The molecule has 3 aromatic heterocycles. The molecule has 0 spiro atoms. The predicted octanol–water partition coefficient (Wildman–Crippen LogP) is 5.82. The first-order chi connectivity index (χ1) is 15.5. The maximum Gasteiger partial charge on any atom is 0.272 e. The van der Waals surface area contributed by atoms with Gasteiger partial charge in [-0.3, -0.25) is 13.8 Å². The molecule has 0 amide bonds. The van der Waals surface area contributed by atoms with Gasteiger partial charge in [0.05, 0.1) is 5.52 Å². The fourth-order valence-corrected chi connectivity index (χ4v) is 5.84. The first-order valence-electron chi connectivity index (χ1n) is 10.6. The molecule has 5 aromatic rings. The van der Waals surface area contributed by atoms with Crippen molar-refractivity contribution in [2.75, 3.05) is 0 Å². The number of hydrogen-bond donors (Lipinski definition) is 0. The highest BCUT2D eigenvalue weighted by molar-refractivity contribution is 7.98. The van der Waals surface area contributed by atoms with E-state index in [1.165, 1.54) is 33.6 Å².